The Balaban J connectivity index is 0.00000363. The fourth-order valence-corrected chi connectivity index (χ4v) is 3.56. The number of fused-ring (bicyclic) bond motifs is 1. The zero-order valence-electron chi connectivity index (χ0n) is 19.3. The van der Waals surface area contributed by atoms with Crippen LogP contribution in [0, 0.1) is 0 Å². The van der Waals surface area contributed by atoms with Crippen molar-refractivity contribution >= 4 is 29.9 Å². The number of halogens is 1. The van der Waals surface area contributed by atoms with Gasteiger partial charge in [0.1, 0.15) is 18.2 Å². The summed E-state index contributed by atoms with van der Waals surface area (Å²) in [5.41, 5.74) is 0.906. The van der Waals surface area contributed by atoms with Gasteiger partial charge in [0.05, 0.1) is 34.4 Å². The smallest absolute Gasteiger partial charge is 0.191 e. The molecule has 2 heterocycles. The van der Waals surface area contributed by atoms with E-state index in [1.54, 1.807) is 28.4 Å². The molecule has 0 saturated heterocycles. The third-order valence-corrected chi connectivity index (χ3v) is 5.05. The van der Waals surface area contributed by atoms with Crippen LogP contribution in [0.25, 0.3) is 0 Å². The number of ether oxygens (including phenoxy) is 4. The zero-order valence-corrected chi connectivity index (χ0v) is 21.6. The van der Waals surface area contributed by atoms with E-state index in [2.05, 4.69) is 20.7 Å². The number of methoxy groups -OCH3 is 4. The largest absolute Gasteiger partial charge is 0.496 e. The molecule has 10 nitrogen and oxygen atoms in total. The Morgan fingerprint density at radius 2 is 1.84 bits per heavy atom. The molecule has 0 spiro atoms. The molecule has 1 atom stereocenters. The first-order chi connectivity index (χ1) is 15.1. The maximum Gasteiger partial charge on any atom is 0.191 e. The number of rotatable bonds is 9. The molecule has 0 saturated carbocycles. The van der Waals surface area contributed by atoms with Gasteiger partial charge in [0.2, 0.25) is 0 Å². The number of aryl methyl sites for hydroxylation is 1. The third-order valence-electron chi connectivity index (χ3n) is 5.05. The summed E-state index contributed by atoms with van der Waals surface area (Å²) >= 11 is 0. The lowest BCUT2D eigenvalue weighted by Gasteiger charge is -2.25. The van der Waals surface area contributed by atoms with Crippen LogP contribution >= 0.6 is 24.0 Å². The Morgan fingerprint density at radius 1 is 1.12 bits per heavy atom. The molecule has 2 N–H and O–H groups in total. The predicted octanol–water partition coefficient (Wildman–Crippen LogP) is 2.14. The SMILES string of the molecule is CCNC(=NCc1cc(OC)c(OC)cc1OC)NC1CCc2nc(COC)nn2C1.I. The van der Waals surface area contributed by atoms with E-state index in [9.17, 15) is 0 Å². The zero-order chi connectivity index (χ0) is 22.2. The molecular weight excluding hydrogens is 527 g/mol. The summed E-state index contributed by atoms with van der Waals surface area (Å²) in [7, 11) is 6.50. The van der Waals surface area contributed by atoms with E-state index in [-0.39, 0.29) is 30.0 Å². The van der Waals surface area contributed by atoms with Crippen LogP contribution in [-0.4, -0.2) is 61.7 Å². The van der Waals surface area contributed by atoms with E-state index < -0.39 is 0 Å². The molecule has 0 bridgehead atoms. The second kappa shape index (κ2) is 12.7. The van der Waals surface area contributed by atoms with E-state index in [1.165, 1.54) is 0 Å². The Labute approximate surface area is 206 Å². The molecule has 3 rings (SSSR count). The highest BCUT2D eigenvalue weighted by Gasteiger charge is 2.22. The van der Waals surface area contributed by atoms with Gasteiger partial charge in [-0.3, -0.25) is 0 Å². The molecule has 1 aromatic carbocycles. The molecule has 32 heavy (non-hydrogen) atoms. The Kier molecular flexibility index (Phi) is 10.3. The maximum atomic E-state index is 5.52. The van der Waals surface area contributed by atoms with Gasteiger partial charge in [-0.05, 0) is 19.4 Å². The summed E-state index contributed by atoms with van der Waals surface area (Å²) in [6, 6.07) is 3.91. The summed E-state index contributed by atoms with van der Waals surface area (Å²) < 4.78 is 23.4. The minimum absolute atomic E-state index is 0. The molecule has 0 aliphatic carbocycles. The number of aliphatic imine (C=N–C) groups is 1. The number of hydrogen-bond donors (Lipinski definition) is 2. The minimum atomic E-state index is 0. The van der Waals surface area contributed by atoms with Crippen molar-refractivity contribution in [3.05, 3.63) is 29.3 Å². The Bertz CT molecular complexity index is 905. The third kappa shape index (κ3) is 6.37. The topological polar surface area (TPSA) is 104 Å². The van der Waals surface area contributed by atoms with Crippen molar-refractivity contribution < 1.29 is 18.9 Å². The van der Waals surface area contributed by atoms with Gasteiger partial charge < -0.3 is 29.6 Å². The van der Waals surface area contributed by atoms with Crippen LogP contribution in [-0.2, 0) is 30.9 Å². The number of nitrogens with zero attached hydrogens (tertiary/aromatic N) is 4. The van der Waals surface area contributed by atoms with E-state index >= 15 is 0 Å². The van der Waals surface area contributed by atoms with E-state index in [0.717, 1.165) is 49.1 Å². The molecule has 0 radical (unpaired) electrons. The molecule has 1 aromatic heterocycles. The van der Waals surface area contributed by atoms with E-state index in [4.69, 9.17) is 23.9 Å². The summed E-state index contributed by atoms with van der Waals surface area (Å²) in [4.78, 5) is 9.29. The molecule has 0 fully saturated rings. The number of guanidine groups is 1. The maximum absolute atomic E-state index is 5.52. The van der Waals surface area contributed by atoms with Gasteiger partial charge in [-0.2, -0.15) is 5.10 Å². The summed E-state index contributed by atoms with van der Waals surface area (Å²) in [6.07, 6.45) is 1.81. The van der Waals surface area contributed by atoms with Crippen LogP contribution in [0.15, 0.2) is 17.1 Å². The number of benzene rings is 1. The molecule has 2 aromatic rings. The monoisotopic (exact) mass is 560 g/mol. The van der Waals surface area contributed by atoms with Crippen molar-refractivity contribution in [2.75, 3.05) is 35.0 Å². The van der Waals surface area contributed by atoms with Gasteiger partial charge in [-0.15, -0.1) is 24.0 Å². The number of aromatic nitrogens is 3. The van der Waals surface area contributed by atoms with E-state index in [1.807, 2.05) is 23.7 Å². The highest BCUT2D eigenvalue weighted by molar-refractivity contribution is 14.0. The van der Waals surface area contributed by atoms with Crippen molar-refractivity contribution in [1.82, 2.24) is 25.4 Å². The van der Waals surface area contributed by atoms with E-state index in [0.29, 0.717) is 30.4 Å². The van der Waals surface area contributed by atoms with Crippen molar-refractivity contribution in [3.8, 4) is 17.2 Å². The highest BCUT2D eigenvalue weighted by Crippen LogP contribution is 2.34. The highest BCUT2D eigenvalue weighted by atomic mass is 127. The minimum Gasteiger partial charge on any atom is -0.496 e. The molecule has 1 aliphatic heterocycles. The van der Waals surface area contributed by atoms with Gasteiger partial charge in [0.25, 0.3) is 0 Å². The van der Waals surface area contributed by atoms with Crippen molar-refractivity contribution in [2.24, 2.45) is 4.99 Å². The van der Waals surface area contributed by atoms with Crippen molar-refractivity contribution in [1.29, 1.82) is 0 Å². The van der Waals surface area contributed by atoms with Crippen LogP contribution < -0.4 is 24.8 Å². The average Bonchev–Trinajstić information content (AvgIpc) is 3.18. The van der Waals surface area contributed by atoms with Crippen LogP contribution in [0.3, 0.4) is 0 Å². The standard InChI is InChI=1S/C21H32N6O4.HI/c1-6-22-21(23-11-14-9-17(30-4)18(31-5)10-16(14)29-3)24-15-7-8-20-25-19(13-28-2)26-27(20)12-15;/h9-10,15H,6-8,11-13H2,1-5H3,(H2,22,23,24);1H. The summed E-state index contributed by atoms with van der Waals surface area (Å²) in [5, 5.41) is 11.4. The fourth-order valence-electron chi connectivity index (χ4n) is 3.56. The lowest BCUT2D eigenvalue weighted by atomic mass is 10.1. The average molecular weight is 560 g/mol. The summed E-state index contributed by atoms with van der Waals surface area (Å²) in [6.45, 7) is 4.39. The summed E-state index contributed by atoms with van der Waals surface area (Å²) in [5.74, 6) is 4.43. The number of hydrogen-bond acceptors (Lipinski definition) is 7. The molecule has 178 valence electrons. The first-order valence-corrected chi connectivity index (χ1v) is 10.4. The van der Waals surface area contributed by atoms with Crippen molar-refractivity contribution in [3.63, 3.8) is 0 Å². The predicted molar refractivity (Wildman–Crippen MR) is 132 cm³/mol. The Hall–Kier alpha value is -2.28. The fraction of sp³-hybridized carbons (Fsp3) is 0.571. The van der Waals surface area contributed by atoms with Gasteiger partial charge in [0.15, 0.2) is 23.3 Å². The lowest BCUT2D eigenvalue weighted by Crippen LogP contribution is -2.47. The van der Waals surface area contributed by atoms with Crippen LogP contribution in [0.4, 0.5) is 0 Å². The van der Waals surface area contributed by atoms with Crippen molar-refractivity contribution in [2.45, 2.75) is 45.5 Å². The second-order valence-electron chi connectivity index (χ2n) is 7.15. The molecule has 0 amide bonds. The van der Waals surface area contributed by atoms with Crippen LogP contribution in [0.1, 0.15) is 30.6 Å². The van der Waals surface area contributed by atoms with Gasteiger partial charge >= 0.3 is 0 Å². The first-order valence-electron chi connectivity index (χ1n) is 10.4. The Morgan fingerprint density at radius 3 is 2.50 bits per heavy atom. The quantitative estimate of drug-likeness (QED) is 0.273. The molecule has 1 aliphatic rings. The van der Waals surface area contributed by atoms with Crippen LogP contribution in [0.5, 0.6) is 17.2 Å². The second-order valence-corrected chi connectivity index (χ2v) is 7.15. The molecule has 11 heteroatoms. The van der Waals surface area contributed by atoms with Gasteiger partial charge in [-0.1, -0.05) is 0 Å². The number of nitrogens with one attached hydrogen (secondary N) is 2. The first kappa shape index (κ1) is 26.0. The lowest BCUT2D eigenvalue weighted by molar-refractivity contribution is 0.177. The molecule has 1 unspecified atom stereocenters. The van der Waals surface area contributed by atoms with Gasteiger partial charge in [0, 0.05) is 37.7 Å². The normalized spacial score (nSPS) is 15.4. The molecular formula is C21H33IN6O4. The van der Waals surface area contributed by atoms with Gasteiger partial charge in [-0.25, -0.2) is 14.7 Å². The van der Waals surface area contributed by atoms with Crippen LogP contribution in [0.2, 0.25) is 0 Å².